The molecule has 32 heavy (non-hydrogen) atoms. The minimum atomic E-state index is -0.184. The van der Waals surface area contributed by atoms with Gasteiger partial charge in [0.25, 0.3) is 5.91 Å². The van der Waals surface area contributed by atoms with E-state index in [4.69, 9.17) is 0 Å². The minimum absolute atomic E-state index is 0.184. The number of thiazole rings is 1. The Hall–Kier alpha value is -4.10. The van der Waals surface area contributed by atoms with Crippen molar-refractivity contribution in [2.24, 2.45) is 0 Å². The Morgan fingerprint density at radius 2 is 1.94 bits per heavy atom. The second kappa shape index (κ2) is 8.95. The first-order chi connectivity index (χ1) is 15.7. The molecule has 0 atom stereocenters. The van der Waals surface area contributed by atoms with Crippen LogP contribution in [0.4, 0.5) is 5.13 Å². The van der Waals surface area contributed by atoms with Crippen molar-refractivity contribution in [3.63, 3.8) is 0 Å². The zero-order valence-electron chi connectivity index (χ0n) is 17.1. The first kappa shape index (κ1) is 19.8. The van der Waals surface area contributed by atoms with E-state index in [-0.39, 0.29) is 5.91 Å². The summed E-state index contributed by atoms with van der Waals surface area (Å²) in [5.74, 6) is -0.184. The number of carbonyl (C=O) groups excluding carboxylic acids is 1. The first-order valence-electron chi connectivity index (χ1n) is 10.1. The van der Waals surface area contributed by atoms with Crippen LogP contribution in [-0.2, 0) is 6.54 Å². The molecule has 5 rings (SSSR count). The molecule has 0 unspecified atom stereocenters. The number of hydrogen-bond donors (Lipinski definition) is 1. The molecule has 1 amide bonds. The van der Waals surface area contributed by atoms with Crippen molar-refractivity contribution in [1.29, 1.82) is 0 Å². The van der Waals surface area contributed by atoms with E-state index in [2.05, 4.69) is 26.3 Å². The SMILES string of the molecule is O=C(Nc1nc(/C=C/c2ccc3ncccc3c2)cs1)c1cccn1Cc1ccncc1. The molecule has 0 fully saturated rings. The number of pyridine rings is 2. The van der Waals surface area contributed by atoms with Crippen LogP contribution in [0, 0.1) is 0 Å². The van der Waals surface area contributed by atoms with E-state index in [1.165, 1.54) is 11.3 Å². The molecule has 0 saturated heterocycles. The molecule has 4 heterocycles. The number of amides is 1. The summed E-state index contributed by atoms with van der Waals surface area (Å²) in [6.45, 7) is 0.603. The van der Waals surface area contributed by atoms with Gasteiger partial charge in [-0.1, -0.05) is 18.2 Å². The van der Waals surface area contributed by atoms with Crippen LogP contribution in [0.3, 0.4) is 0 Å². The number of rotatable bonds is 6. The number of anilines is 1. The van der Waals surface area contributed by atoms with Crippen molar-refractivity contribution in [2.75, 3.05) is 5.32 Å². The lowest BCUT2D eigenvalue weighted by Crippen LogP contribution is -2.17. The Labute approximate surface area is 188 Å². The Kier molecular flexibility index (Phi) is 5.55. The average Bonchev–Trinajstić information content (AvgIpc) is 3.47. The molecule has 0 spiro atoms. The third-order valence-electron chi connectivity index (χ3n) is 4.98. The Bertz CT molecular complexity index is 1400. The quantitative estimate of drug-likeness (QED) is 0.388. The Morgan fingerprint density at radius 3 is 2.84 bits per heavy atom. The highest BCUT2D eigenvalue weighted by Crippen LogP contribution is 2.20. The highest BCUT2D eigenvalue weighted by atomic mass is 32.1. The minimum Gasteiger partial charge on any atom is -0.339 e. The molecule has 0 saturated carbocycles. The van der Waals surface area contributed by atoms with E-state index >= 15 is 0 Å². The lowest BCUT2D eigenvalue weighted by Gasteiger charge is -2.08. The number of fused-ring (bicyclic) bond motifs is 1. The third-order valence-corrected chi connectivity index (χ3v) is 5.76. The third kappa shape index (κ3) is 4.48. The Balaban J connectivity index is 1.27. The predicted octanol–water partition coefficient (Wildman–Crippen LogP) is 5.36. The summed E-state index contributed by atoms with van der Waals surface area (Å²) in [7, 11) is 0. The highest BCUT2D eigenvalue weighted by molar-refractivity contribution is 7.14. The van der Waals surface area contributed by atoms with Gasteiger partial charge in [0.1, 0.15) is 5.69 Å². The second-order valence-electron chi connectivity index (χ2n) is 7.20. The zero-order chi connectivity index (χ0) is 21.8. The number of aromatic nitrogens is 4. The van der Waals surface area contributed by atoms with Gasteiger partial charge >= 0.3 is 0 Å². The summed E-state index contributed by atoms with van der Waals surface area (Å²) in [6.07, 6.45) is 11.1. The maximum Gasteiger partial charge on any atom is 0.274 e. The van der Waals surface area contributed by atoms with Crippen molar-refractivity contribution in [3.8, 4) is 0 Å². The standard InChI is InChI=1S/C25H19N5OS/c31-24(23-4-2-14-30(23)16-19-9-12-26-13-10-19)29-25-28-21(17-32-25)7-5-18-6-8-22-20(15-18)3-1-11-27-22/h1-15,17H,16H2,(H,28,29,31)/b7-5+. The lowest BCUT2D eigenvalue weighted by molar-refractivity contribution is 0.101. The van der Waals surface area contributed by atoms with Gasteiger partial charge in [-0.15, -0.1) is 11.3 Å². The van der Waals surface area contributed by atoms with Gasteiger partial charge in [0, 0.05) is 42.1 Å². The fourth-order valence-corrected chi connectivity index (χ4v) is 4.08. The lowest BCUT2D eigenvalue weighted by atomic mass is 10.1. The van der Waals surface area contributed by atoms with Crippen LogP contribution in [0.25, 0.3) is 23.1 Å². The molecule has 1 N–H and O–H groups in total. The van der Waals surface area contributed by atoms with Crippen LogP contribution in [0.2, 0.25) is 0 Å². The molecule has 0 aliphatic carbocycles. The number of nitrogens with zero attached hydrogens (tertiary/aromatic N) is 4. The summed E-state index contributed by atoms with van der Waals surface area (Å²) >= 11 is 1.40. The van der Waals surface area contributed by atoms with Gasteiger partial charge in [-0.2, -0.15) is 0 Å². The van der Waals surface area contributed by atoms with E-state index < -0.39 is 0 Å². The maximum atomic E-state index is 12.8. The van der Waals surface area contributed by atoms with Crippen molar-refractivity contribution >= 4 is 45.4 Å². The van der Waals surface area contributed by atoms with Crippen molar-refractivity contribution in [1.82, 2.24) is 19.5 Å². The van der Waals surface area contributed by atoms with E-state index in [1.807, 2.05) is 70.8 Å². The molecule has 4 aromatic heterocycles. The molecule has 0 bridgehead atoms. The fraction of sp³-hybridized carbons (Fsp3) is 0.0400. The maximum absolute atomic E-state index is 12.8. The summed E-state index contributed by atoms with van der Waals surface area (Å²) in [6, 6.07) is 17.6. The van der Waals surface area contributed by atoms with Gasteiger partial charge < -0.3 is 4.57 Å². The number of benzene rings is 1. The molecule has 6 nitrogen and oxygen atoms in total. The van der Waals surface area contributed by atoms with Gasteiger partial charge in [-0.25, -0.2) is 4.98 Å². The van der Waals surface area contributed by atoms with E-state index in [9.17, 15) is 4.79 Å². The monoisotopic (exact) mass is 437 g/mol. The molecule has 0 aliphatic heterocycles. The molecule has 1 aromatic carbocycles. The van der Waals surface area contributed by atoms with Crippen LogP contribution in [0.15, 0.2) is 84.8 Å². The van der Waals surface area contributed by atoms with Crippen LogP contribution < -0.4 is 5.32 Å². The van der Waals surface area contributed by atoms with Gasteiger partial charge in [0.05, 0.1) is 11.2 Å². The average molecular weight is 438 g/mol. The van der Waals surface area contributed by atoms with E-state index in [1.54, 1.807) is 24.7 Å². The number of hydrogen-bond acceptors (Lipinski definition) is 5. The van der Waals surface area contributed by atoms with Crippen LogP contribution in [0.1, 0.15) is 27.3 Å². The topological polar surface area (TPSA) is 72.7 Å². The molecule has 7 heteroatoms. The van der Waals surface area contributed by atoms with Gasteiger partial charge in [0.15, 0.2) is 5.13 Å². The van der Waals surface area contributed by atoms with Crippen LogP contribution >= 0.6 is 11.3 Å². The van der Waals surface area contributed by atoms with E-state index in [0.717, 1.165) is 27.7 Å². The van der Waals surface area contributed by atoms with Gasteiger partial charge in [-0.3, -0.25) is 20.1 Å². The largest absolute Gasteiger partial charge is 0.339 e. The molecule has 5 aromatic rings. The summed E-state index contributed by atoms with van der Waals surface area (Å²) in [5, 5.41) is 6.48. The van der Waals surface area contributed by atoms with Crippen molar-refractivity contribution in [3.05, 3.63) is 107 Å². The molecular formula is C25H19N5OS. The number of carbonyl (C=O) groups is 1. The summed E-state index contributed by atoms with van der Waals surface area (Å²) < 4.78 is 1.91. The van der Waals surface area contributed by atoms with Crippen LogP contribution in [-0.4, -0.2) is 25.4 Å². The van der Waals surface area contributed by atoms with Crippen LogP contribution in [0.5, 0.6) is 0 Å². The highest BCUT2D eigenvalue weighted by Gasteiger charge is 2.13. The van der Waals surface area contributed by atoms with Gasteiger partial charge in [0.2, 0.25) is 0 Å². The zero-order valence-corrected chi connectivity index (χ0v) is 17.9. The van der Waals surface area contributed by atoms with Crippen molar-refractivity contribution in [2.45, 2.75) is 6.54 Å². The molecule has 156 valence electrons. The van der Waals surface area contributed by atoms with Gasteiger partial charge in [-0.05, 0) is 59.7 Å². The predicted molar refractivity (Wildman–Crippen MR) is 129 cm³/mol. The van der Waals surface area contributed by atoms with Crippen molar-refractivity contribution < 1.29 is 4.79 Å². The van der Waals surface area contributed by atoms with E-state index in [0.29, 0.717) is 17.4 Å². The first-order valence-corrected chi connectivity index (χ1v) is 11.0. The number of nitrogens with one attached hydrogen (secondary N) is 1. The molecule has 0 radical (unpaired) electrons. The fourth-order valence-electron chi connectivity index (χ4n) is 3.40. The summed E-state index contributed by atoms with van der Waals surface area (Å²) in [4.78, 5) is 25.7. The smallest absolute Gasteiger partial charge is 0.274 e. The molecule has 0 aliphatic rings. The normalized spacial score (nSPS) is 11.2. The summed E-state index contributed by atoms with van der Waals surface area (Å²) in [5.41, 5.74) is 4.49. The molecular weight excluding hydrogens is 418 g/mol. The second-order valence-corrected chi connectivity index (χ2v) is 8.06. The Morgan fingerprint density at radius 1 is 1.03 bits per heavy atom.